The largest absolute Gasteiger partial charge is 0.357 e. The molecule has 0 radical (unpaired) electrons. The van der Waals surface area contributed by atoms with Gasteiger partial charge in [-0.25, -0.2) is 5.48 Å². The highest BCUT2D eigenvalue weighted by Crippen LogP contribution is 2.26. The molecule has 4 N–H and O–H groups in total. The Labute approximate surface area is 251 Å². The first-order valence-corrected chi connectivity index (χ1v) is 15.1. The molecular formula is C33H39N3O5S. The first-order valence-electron chi connectivity index (χ1n) is 14.0. The fraction of sp³-hybridized carbons (Fsp3) is 0.333. The molecule has 3 aromatic rings. The van der Waals surface area contributed by atoms with Gasteiger partial charge in [0.15, 0.2) is 5.78 Å². The maximum atomic E-state index is 13.6. The SMILES string of the molecule is CNC(=O)[C@H](Cc1ccccc1)NC(=O)[C@H](CC(C)C)[C@H](CSCC(=O)c1ccc(-c2ccccc2)cc1)C(=O)NO. The van der Waals surface area contributed by atoms with Crippen LogP contribution in [0.1, 0.15) is 36.2 Å². The van der Waals surface area contributed by atoms with Gasteiger partial charge >= 0.3 is 0 Å². The number of hydrogen-bond acceptors (Lipinski definition) is 6. The number of carbonyl (C=O) groups is 4. The Morgan fingerprint density at radius 3 is 1.93 bits per heavy atom. The van der Waals surface area contributed by atoms with E-state index in [1.807, 2.05) is 86.6 Å². The van der Waals surface area contributed by atoms with Gasteiger partial charge in [-0.05, 0) is 29.0 Å². The summed E-state index contributed by atoms with van der Waals surface area (Å²) in [6, 6.07) is 25.7. The zero-order valence-electron chi connectivity index (χ0n) is 24.2. The highest BCUT2D eigenvalue weighted by molar-refractivity contribution is 8.00. The van der Waals surface area contributed by atoms with Gasteiger partial charge in [-0.1, -0.05) is 98.8 Å². The summed E-state index contributed by atoms with van der Waals surface area (Å²) in [5.41, 5.74) is 5.19. The second kappa shape index (κ2) is 16.5. The number of likely N-dealkylation sites (N-methyl/N-ethyl adjacent to an activating group) is 1. The number of rotatable bonds is 15. The molecule has 3 rings (SSSR count). The van der Waals surface area contributed by atoms with Crippen molar-refractivity contribution in [2.24, 2.45) is 17.8 Å². The number of nitrogens with one attached hydrogen (secondary N) is 3. The van der Waals surface area contributed by atoms with Crippen LogP contribution in [0.2, 0.25) is 0 Å². The molecule has 0 saturated heterocycles. The van der Waals surface area contributed by atoms with Gasteiger partial charge in [0, 0.05) is 24.8 Å². The van der Waals surface area contributed by atoms with E-state index in [9.17, 15) is 24.4 Å². The van der Waals surface area contributed by atoms with Gasteiger partial charge in [-0.2, -0.15) is 11.8 Å². The van der Waals surface area contributed by atoms with Crippen molar-refractivity contribution in [2.75, 3.05) is 18.6 Å². The summed E-state index contributed by atoms with van der Waals surface area (Å²) in [4.78, 5) is 52.0. The lowest BCUT2D eigenvalue weighted by atomic mass is 9.84. The van der Waals surface area contributed by atoms with Crippen molar-refractivity contribution >= 4 is 35.3 Å². The smallest absolute Gasteiger partial charge is 0.248 e. The van der Waals surface area contributed by atoms with Crippen LogP contribution >= 0.6 is 11.8 Å². The standard InChI is InChI=1S/C33H39N3O5S/c1-22(2)18-27(31(38)35-29(33(40)34-3)19-23-10-6-4-7-11-23)28(32(39)36-41)20-42-21-30(37)26-16-14-25(15-17-26)24-12-8-5-9-13-24/h4-17,22,27-29,41H,18-21H2,1-3H3,(H,34,40)(H,35,38)(H,36,39)/t27-,28+,29+/m1/s1. The third kappa shape index (κ3) is 9.56. The van der Waals surface area contributed by atoms with Crippen molar-refractivity contribution in [1.29, 1.82) is 0 Å². The molecule has 9 heteroatoms. The highest BCUT2D eigenvalue weighted by Gasteiger charge is 2.36. The average molecular weight is 590 g/mol. The van der Waals surface area contributed by atoms with Crippen molar-refractivity contribution in [3.8, 4) is 11.1 Å². The van der Waals surface area contributed by atoms with Crippen LogP contribution in [0.3, 0.4) is 0 Å². The Balaban J connectivity index is 1.70. The molecule has 0 aromatic heterocycles. The lowest BCUT2D eigenvalue weighted by molar-refractivity contribution is -0.140. The summed E-state index contributed by atoms with van der Waals surface area (Å²) >= 11 is 1.23. The number of hydroxylamine groups is 1. The molecule has 0 unspecified atom stereocenters. The zero-order valence-corrected chi connectivity index (χ0v) is 25.0. The minimum Gasteiger partial charge on any atom is -0.357 e. The van der Waals surface area contributed by atoms with Crippen molar-refractivity contribution in [1.82, 2.24) is 16.1 Å². The fourth-order valence-electron chi connectivity index (χ4n) is 4.77. The van der Waals surface area contributed by atoms with Gasteiger partial charge in [-0.15, -0.1) is 0 Å². The van der Waals surface area contributed by atoms with E-state index < -0.39 is 29.7 Å². The van der Waals surface area contributed by atoms with Crippen LogP contribution in [-0.4, -0.2) is 53.3 Å². The van der Waals surface area contributed by atoms with Crippen LogP contribution in [0, 0.1) is 17.8 Å². The van der Waals surface area contributed by atoms with Crippen LogP contribution < -0.4 is 16.1 Å². The molecule has 0 spiro atoms. The number of carbonyl (C=O) groups excluding carboxylic acids is 4. The Morgan fingerprint density at radius 2 is 1.36 bits per heavy atom. The molecule has 0 fully saturated rings. The molecule has 3 atom stereocenters. The second-order valence-electron chi connectivity index (χ2n) is 10.6. The fourth-order valence-corrected chi connectivity index (χ4v) is 5.88. The van der Waals surface area contributed by atoms with Crippen LogP contribution in [0.5, 0.6) is 0 Å². The molecule has 0 aliphatic rings. The summed E-state index contributed by atoms with van der Waals surface area (Å²) in [6.07, 6.45) is 0.634. The second-order valence-corrected chi connectivity index (χ2v) is 11.6. The topological polar surface area (TPSA) is 125 Å². The number of amides is 3. The highest BCUT2D eigenvalue weighted by atomic mass is 32.2. The van der Waals surface area contributed by atoms with Crippen molar-refractivity contribution in [3.63, 3.8) is 0 Å². The number of benzene rings is 3. The third-order valence-corrected chi connectivity index (χ3v) is 8.06. The first-order chi connectivity index (χ1) is 20.2. The van der Waals surface area contributed by atoms with E-state index in [0.29, 0.717) is 12.0 Å². The lowest BCUT2D eigenvalue weighted by Crippen LogP contribution is -2.51. The Kier molecular flexibility index (Phi) is 12.8. The van der Waals surface area contributed by atoms with E-state index in [2.05, 4.69) is 10.6 Å². The van der Waals surface area contributed by atoms with E-state index >= 15 is 0 Å². The molecule has 222 valence electrons. The minimum absolute atomic E-state index is 0.0529. The van der Waals surface area contributed by atoms with E-state index in [1.165, 1.54) is 18.8 Å². The van der Waals surface area contributed by atoms with Gasteiger partial charge < -0.3 is 10.6 Å². The molecule has 3 amide bonds. The maximum Gasteiger partial charge on any atom is 0.248 e. The van der Waals surface area contributed by atoms with Crippen LogP contribution in [-0.2, 0) is 20.8 Å². The normalized spacial score (nSPS) is 13.1. The van der Waals surface area contributed by atoms with Crippen molar-refractivity contribution < 1.29 is 24.4 Å². The van der Waals surface area contributed by atoms with Gasteiger partial charge in [0.05, 0.1) is 17.6 Å². The summed E-state index contributed by atoms with van der Waals surface area (Å²) in [5, 5.41) is 14.9. The molecule has 3 aromatic carbocycles. The molecule has 8 nitrogen and oxygen atoms in total. The van der Waals surface area contributed by atoms with E-state index in [4.69, 9.17) is 0 Å². The molecule has 0 bridgehead atoms. The summed E-state index contributed by atoms with van der Waals surface area (Å²) in [7, 11) is 1.50. The number of hydrogen-bond donors (Lipinski definition) is 4. The monoisotopic (exact) mass is 589 g/mol. The maximum absolute atomic E-state index is 13.6. The minimum atomic E-state index is -0.919. The summed E-state index contributed by atoms with van der Waals surface area (Å²) in [6.45, 7) is 3.87. The molecular weight excluding hydrogens is 550 g/mol. The van der Waals surface area contributed by atoms with E-state index in [-0.39, 0.29) is 35.5 Å². The van der Waals surface area contributed by atoms with Crippen LogP contribution in [0.15, 0.2) is 84.9 Å². The van der Waals surface area contributed by atoms with Gasteiger partial charge in [0.25, 0.3) is 0 Å². The Bertz CT molecular complexity index is 1320. The summed E-state index contributed by atoms with van der Waals surface area (Å²) in [5.74, 6) is -3.07. The number of ketones is 1. The van der Waals surface area contributed by atoms with E-state index in [1.54, 1.807) is 17.6 Å². The quantitative estimate of drug-likeness (QED) is 0.117. The molecule has 0 aliphatic heterocycles. The van der Waals surface area contributed by atoms with Crippen LogP contribution in [0.4, 0.5) is 0 Å². The van der Waals surface area contributed by atoms with Gasteiger partial charge in [0.2, 0.25) is 17.7 Å². The first kappa shape index (κ1) is 32.6. The molecule has 0 saturated carbocycles. The molecule has 42 heavy (non-hydrogen) atoms. The van der Waals surface area contributed by atoms with Gasteiger partial charge in [0.1, 0.15) is 6.04 Å². The van der Waals surface area contributed by atoms with Crippen LogP contribution in [0.25, 0.3) is 11.1 Å². The predicted molar refractivity (Wildman–Crippen MR) is 166 cm³/mol. The van der Waals surface area contributed by atoms with Crippen molar-refractivity contribution in [2.45, 2.75) is 32.7 Å². The number of Topliss-reactive ketones (excluding diaryl/α,β-unsaturated/α-hetero) is 1. The van der Waals surface area contributed by atoms with Gasteiger partial charge in [-0.3, -0.25) is 24.4 Å². The Hall–Kier alpha value is -3.95. The Morgan fingerprint density at radius 1 is 0.762 bits per heavy atom. The lowest BCUT2D eigenvalue weighted by Gasteiger charge is -2.28. The predicted octanol–water partition coefficient (Wildman–Crippen LogP) is 4.53. The molecule has 0 heterocycles. The average Bonchev–Trinajstić information content (AvgIpc) is 3.01. The molecule has 0 aliphatic carbocycles. The third-order valence-electron chi connectivity index (χ3n) is 7.00. The zero-order chi connectivity index (χ0) is 30.5. The van der Waals surface area contributed by atoms with Crippen molar-refractivity contribution in [3.05, 3.63) is 96.1 Å². The number of thioether (sulfide) groups is 1. The van der Waals surface area contributed by atoms with E-state index in [0.717, 1.165) is 16.7 Å². The summed E-state index contributed by atoms with van der Waals surface area (Å²) < 4.78 is 0.